The van der Waals surface area contributed by atoms with Crippen molar-refractivity contribution in [2.24, 2.45) is 7.05 Å². The smallest absolute Gasteiger partial charge is 0.113 e. The largest absolute Gasteiger partial charge is 0.383 e. The Labute approximate surface area is 59.6 Å². The minimum Gasteiger partial charge on any atom is -0.383 e. The van der Waals surface area contributed by atoms with Gasteiger partial charge in [-0.15, -0.1) is 6.58 Å². The van der Waals surface area contributed by atoms with Crippen molar-refractivity contribution in [1.29, 1.82) is 0 Å². The molecule has 0 radical (unpaired) electrons. The van der Waals surface area contributed by atoms with Crippen molar-refractivity contribution in [2.75, 3.05) is 0 Å². The lowest BCUT2D eigenvalue weighted by molar-refractivity contribution is 0.220. The van der Waals surface area contributed by atoms with Crippen molar-refractivity contribution in [2.45, 2.75) is 6.10 Å². The zero-order chi connectivity index (χ0) is 7.56. The highest BCUT2D eigenvalue weighted by atomic mass is 16.3. The number of nitrogens with zero attached hydrogens (tertiary/aromatic N) is 2. The molecule has 1 atom stereocenters. The zero-order valence-corrected chi connectivity index (χ0v) is 5.86. The van der Waals surface area contributed by atoms with Gasteiger partial charge in [-0.05, 0) is 0 Å². The van der Waals surface area contributed by atoms with Crippen molar-refractivity contribution in [1.82, 2.24) is 9.55 Å². The molecule has 1 rings (SSSR count). The van der Waals surface area contributed by atoms with Crippen molar-refractivity contribution in [3.8, 4) is 0 Å². The normalized spacial score (nSPS) is 13.0. The molecule has 0 spiro atoms. The number of hydrogen-bond donors (Lipinski definition) is 1. The summed E-state index contributed by atoms with van der Waals surface area (Å²) in [6.45, 7) is 3.47. The molecule has 0 aliphatic heterocycles. The molecule has 0 fully saturated rings. The van der Waals surface area contributed by atoms with E-state index in [1.165, 1.54) is 6.08 Å². The van der Waals surface area contributed by atoms with Gasteiger partial charge in [-0.1, -0.05) is 6.08 Å². The molecule has 3 heteroatoms. The maximum atomic E-state index is 9.22. The zero-order valence-electron chi connectivity index (χ0n) is 5.86. The molecule has 1 N–H and O–H groups in total. The first kappa shape index (κ1) is 7.02. The van der Waals surface area contributed by atoms with E-state index < -0.39 is 6.10 Å². The van der Waals surface area contributed by atoms with Crippen LogP contribution >= 0.6 is 0 Å². The Kier molecular flexibility index (Phi) is 1.87. The number of aliphatic hydroxyl groups excluding tert-OH is 1. The minimum atomic E-state index is -0.604. The van der Waals surface area contributed by atoms with Crippen LogP contribution in [0.3, 0.4) is 0 Å². The Hall–Kier alpha value is -1.09. The predicted molar refractivity (Wildman–Crippen MR) is 38.4 cm³/mol. The molecule has 54 valence electrons. The third-order valence-corrected chi connectivity index (χ3v) is 1.38. The Balaban J connectivity index is 2.92. The molecule has 1 unspecified atom stereocenters. The molecule has 0 aliphatic carbocycles. The van der Waals surface area contributed by atoms with E-state index in [4.69, 9.17) is 0 Å². The van der Waals surface area contributed by atoms with E-state index in [9.17, 15) is 5.11 Å². The first-order valence-electron chi connectivity index (χ1n) is 3.02. The van der Waals surface area contributed by atoms with Crippen LogP contribution in [0.1, 0.15) is 11.8 Å². The quantitative estimate of drug-likeness (QED) is 0.609. The van der Waals surface area contributed by atoms with E-state index in [1.807, 2.05) is 7.05 Å². The summed E-state index contributed by atoms with van der Waals surface area (Å²) in [4.78, 5) is 3.85. The Morgan fingerprint density at radius 1 is 1.90 bits per heavy atom. The summed E-state index contributed by atoms with van der Waals surface area (Å²) in [7, 11) is 1.83. The van der Waals surface area contributed by atoms with Gasteiger partial charge in [0, 0.05) is 7.05 Å². The van der Waals surface area contributed by atoms with Crippen molar-refractivity contribution in [3.05, 3.63) is 30.9 Å². The molecule has 0 aromatic carbocycles. The maximum absolute atomic E-state index is 9.22. The minimum absolute atomic E-state index is 0.604. The highest BCUT2D eigenvalue weighted by Gasteiger charge is 2.04. The molecule has 1 heterocycles. The average Bonchev–Trinajstić information content (AvgIpc) is 2.34. The summed E-state index contributed by atoms with van der Waals surface area (Å²) in [5, 5.41) is 9.22. The van der Waals surface area contributed by atoms with Crippen LogP contribution < -0.4 is 0 Å². The molecule has 0 bridgehead atoms. The summed E-state index contributed by atoms with van der Waals surface area (Å²) in [5.41, 5.74) is 0.759. The fourth-order valence-corrected chi connectivity index (χ4v) is 0.773. The molecular formula is C7H10N2O. The summed E-state index contributed by atoms with van der Waals surface area (Å²) < 4.78 is 1.76. The number of imidazole rings is 1. The summed E-state index contributed by atoms with van der Waals surface area (Å²) in [6.07, 6.45) is 4.12. The molecular weight excluding hydrogens is 128 g/mol. The van der Waals surface area contributed by atoms with Gasteiger partial charge in [-0.25, -0.2) is 4.98 Å². The van der Waals surface area contributed by atoms with Gasteiger partial charge < -0.3 is 9.67 Å². The average molecular weight is 138 g/mol. The molecule has 0 saturated carbocycles. The third-order valence-electron chi connectivity index (χ3n) is 1.38. The van der Waals surface area contributed by atoms with Crippen LogP contribution in [0.25, 0.3) is 0 Å². The number of aryl methyl sites for hydroxylation is 1. The second kappa shape index (κ2) is 2.66. The highest BCUT2D eigenvalue weighted by molar-refractivity contribution is 5.07. The van der Waals surface area contributed by atoms with Crippen molar-refractivity contribution in [3.63, 3.8) is 0 Å². The number of rotatable bonds is 2. The lowest BCUT2D eigenvalue weighted by Crippen LogP contribution is -1.99. The van der Waals surface area contributed by atoms with Crippen molar-refractivity contribution < 1.29 is 5.11 Å². The van der Waals surface area contributed by atoms with E-state index in [2.05, 4.69) is 11.6 Å². The number of aliphatic hydroxyl groups is 1. The van der Waals surface area contributed by atoms with Crippen LogP contribution in [0, 0.1) is 0 Å². The predicted octanol–water partition coefficient (Wildman–Crippen LogP) is 0.639. The standard InChI is InChI=1S/C7H10N2O/c1-3-7(10)6-4-8-5-9(6)2/h3-5,7,10H,1H2,2H3. The Bertz CT molecular complexity index is 229. The van der Waals surface area contributed by atoms with E-state index >= 15 is 0 Å². The second-order valence-electron chi connectivity index (χ2n) is 2.11. The molecule has 0 aliphatic rings. The van der Waals surface area contributed by atoms with Gasteiger partial charge >= 0.3 is 0 Å². The topological polar surface area (TPSA) is 38.1 Å². The third kappa shape index (κ3) is 1.09. The Morgan fingerprint density at radius 2 is 2.60 bits per heavy atom. The molecule has 1 aromatic rings. The van der Waals surface area contributed by atoms with Gasteiger partial charge in [0.25, 0.3) is 0 Å². The monoisotopic (exact) mass is 138 g/mol. The first-order valence-corrected chi connectivity index (χ1v) is 3.02. The van der Waals surface area contributed by atoms with Crippen LogP contribution in [0.5, 0.6) is 0 Å². The van der Waals surface area contributed by atoms with Crippen LogP contribution in [-0.4, -0.2) is 14.7 Å². The van der Waals surface area contributed by atoms with Gasteiger partial charge in [0.1, 0.15) is 6.10 Å². The van der Waals surface area contributed by atoms with E-state index in [-0.39, 0.29) is 0 Å². The fourth-order valence-electron chi connectivity index (χ4n) is 0.773. The van der Waals surface area contributed by atoms with Gasteiger partial charge in [0.15, 0.2) is 0 Å². The van der Waals surface area contributed by atoms with Gasteiger partial charge in [0.2, 0.25) is 0 Å². The second-order valence-corrected chi connectivity index (χ2v) is 2.11. The number of hydrogen-bond acceptors (Lipinski definition) is 2. The molecule has 1 aromatic heterocycles. The van der Waals surface area contributed by atoms with Crippen LogP contribution in [0.4, 0.5) is 0 Å². The number of aromatic nitrogens is 2. The lowest BCUT2D eigenvalue weighted by Gasteiger charge is -2.03. The highest BCUT2D eigenvalue weighted by Crippen LogP contribution is 2.10. The molecule has 0 saturated heterocycles. The summed E-state index contributed by atoms with van der Waals surface area (Å²) in [5.74, 6) is 0. The summed E-state index contributed by atoms with van der Waals surface area (Å²) >= 11 is 0. The van der Waals surface area contributed by atoms with Gasteiger partial charge in [-0.3, -0.25) is 0 Å². The SMILES string of the molecule is C=CC(O)c1cncn1C. The summed E-state index contributed by atoms with van der Waals surface area (Å²) in [6, 6.07) is 0. The fraction of sp³-hybridized carbons (Fsp3) is 0.286. The molecule has 0 amide bonds. The van der Waals surface area contributed by atoms with Crippen LogP contribution in [-0.2, 0) is 7.05 Å². The van der Waals surface area contributed by atoms with E-state index in [0.29, 0.717) is 0 Å². The van der Waals surface area contributed by atoms with Gasteiger partial charge in [0.05, 0.1) is 18.2 Å². The molecule has 3 nitrogen and oxygen atoms in total. The van der Waals surface area contributed by atoms with E-state index in [0.717, 1.165) is 5.69 Å². The first-order chi connectivity index (χ1) is 4.75. The maximum Gasteiger partial charge on any atom is 0.113 e. The van der Waals surface area contributed by atoms with Crippen molar-refractivity contribution >= 4 is 0 Å². The van der Waals surface area contributed by atoms with E-state index in [1.54, 1.807) is 17.1 Å². The molecule has 10 heavy (non-hydrogen) atoms. The van der Waals surface area contributed by atoms with Gasteiger partial charge in [-0.2, -0.15) is 0 Å². The van der Waals surface area contributed by atoms with Crippen LogP contribution in [0.2, 0.25) is 0 Å². The lowest BCUT2D eigenvalue weighted by atomic mass is 10.3. The van der Waals surface area contributed by atoms with Crippen LogP contribution in [0.15, 0.2) is 25.2 Å². The Morgan fingerprint density at radius 3 is 3.00 bits per heavy atom.